The average Bonchev–Trinajstić information content (AvgIpc) is 3.38. The Kier molecular flexibility index (Phi) is 4.38. The molecule has 3 N–H and O–H groups in total. The minimum atomic E-state index is -0.403. The molecule has 1 aromatic heterocycles. The minimum absolute atomic E-state index is 0.150. The molecule has 1 saturated heterocycles. The largest absolute Gasteiger partial charge is 0.446 e. The van der Waals surface area contributed by atoms with Crippen LogP contribution < -0.4 is 11.4 Å². The van der Waals surface area contributed by atoms with E-state index in [9.17, 15) is 14.4 Å². The highest BCUT2D eigenvalue weighted by Gasteiger charge is 2.59. The molecule has 0 spiro atoms. The van der Waals surface area contributed by atoms with Gasteiger partial charge in [0.15, 0.2) is 0 Å². The highest BCUT2D eigenvalue weighted by Crippen LogP contribution is 2.60. The Labute approximate surface area is 190 Å². The third kappa shape index (κ3) is 3.07. The second-order valence-electron chi connectivity index (χ2n) is 10.5. The summed E-state index contributed by atoms with van der Waals surface area (Å²) in [6.45, 7) is 0.927. The topological polar surface area (TPSA) is 134 Å². The Morgan fingerprint density at radius 1 is 1.21 bits per heavy atom. The van der Waals surface area contributed by atoms with Gasteiger partial charge in [0.25, 0.3) is 0 Å². The Morgan fingerprint density at radius 3 is 2.67 bits per heavy atom. The van der Waals surface area contributed by atoms with E-state index in [-0.39, 0.29) is 41.7 Å². The molecule has 5 fully saturated rings. The summed E-state index contributed by atoms with van der Waals surface area (Å²) in [7, 11) is 0. The highest BCUT2D eigenvalue weighted by molar-refractivity contribution is 5.81. The molecule has 9 nitrogen and oxygen atoms in total. The van der Waals surface area contributed by atoms with Crippen molar-refractivity contribution < 1.29 is 14.3 Å². The monoisotopic (exact) mass is 449 g/mol. The van der Waals surface area contributed by atoms with Crippen LogP contribution in [0.15, 0.2) is 23.0 Å². The molecule has 3 atom stereocenters. The molecule has 0 radical (unpaired) electrons. The lowest BCUT2D eigenvalue weighted by atomic mass is 9.48. The molecule has 4 bridgehead atoms. The number of imidazole rings is 1. The predicted molar refractivity (Wildman–Crippen MR) is 118 cm³/mol. The first-order valence-corrected chi connectivity index (χ1v) is 11.8. The smallest absolute Gasteiger partial charge is 0.410 e. The van der Waals surface area contributed by atoms with E-state index in [0.717, 1.165) is 37.6 Å². The summed E-state index contributed by atoms with van der Waals surface area (Å²) in [5.41, 5.74) is 6.97. The molecule has 172 valence electrons. The molecule has 9 heteroatoms. The van der Waals surface area contributed by atoms with Crippen LogP contribution in [0.2, 0.25) is 0 Å². The fourth-order valence-electron chi connectivity index (χ4n) is 7.34. The Bertz CT molecular complexity index is 1240. The number of carbonyl (C=O) groups excluding carboxylic acids is 2. The molecule has 1 aliphatic heterocycles. The van der Waals surface area contributed by atoms with Crippen LogP contribution >= 0.6 is 0 Å². The number of nitrogens with zero attached hydrogens (tertiary/aromatic N) is 3. The second-order valence-corrected chi connectivity index (χ2v) is 10.5. The van der Waals surface area contributed by atoms with E-state index in [1.165, 1.54) is 0 Å². The maximum Gasteiger partial charge on any atom is 0.410 e. The zero-order valence-corrected chi connectivity index (χ0v) is 18.3. The van der Waals surface area contributed by atoms with Crippen LogP contribution in [0.1, 0.15) is 50.1 Å². The van der Waals surface area contributed by atoms with Crippen molar-refractivity contribution >= 4 is 23.0 Å². The van der Waals surface area contributed by atoms with Gasteiger partial charge in [0.05, 0.1) is 34.1 Å². The van der Waals surface area contributed by atoms with Crippen molar-refractivity contribution in [2.24, 2.45) is 28.9 Å². The molecule has 7 rings (SSSR count). The van der Waals surface area contributed by atoms with Crippen LogP contribution in [0.4, 0.5) is 4.79 Å². The number of ether oxygens (including phenoxy) is 1. The molecule has 1 aromatic carbocycles. The first kappa shape index (κ1) is 20.3. The number of nitrogens with two attached hydrogens (primary N) is 1. The number of H-pyrrole nitrogens is 1. The van der Waals surface area contributed by atoms with Crippen molar-refractivity contribution in [3.63, 3.8) is 0 Å². The summed E-state index contributed by atoms with van der Waals surface area (Å²) in [4.78, 5) is 42.4. The van der Waals surface area contributed by atoms with Gasteiger partial charge in [-0.2, -0.15) is 5.26 Å². The molecule has 2 amide bonds. The number of hydrogen-bond acceptors (Lipinski definition) is 5. The number of primary amides is 1. The lowest BCUT2D eigenvalue weighted by Gasteiger charge is -2.58. The van der Waals surface area contributed by atoms with E-state index in [4.69, 9.17) is 15.7 Å². The molecule has 4 saturated carbocycles. The Hall–Kier alpha value is -3.28. The number of aromatic nitrogens is 2. The van der Waals surface area contributed by atoms with Crippen molar-refractivity contribution in [2.45, 2.75) is 50.7 Å². The zero-order chi connectivity index (χ0) is 22.9. The van der Waals surface area contributed by atoms with Crippen LogP contribution in [0.25, 0.3) is 11.0 Å². The number of benzene rings is 1. The quantitative estimate of drug-likeness (QED) is 0.741. The van der Waals surface area contributed by atoms with Gasteiger partial charge in [-0.1, -0.05) is 0 Å². The maximum absolute atomic E-state index is 13.1. The van der Waals surface area contributed by atoms with Crippen molar-refractivity contribution in [2.75, 3.05) is 13.1 Å². The van der Waals surface area contributed by atoms with Crippen LogP contribution in [0.3, 0.4) is 0 Å². The van der Waals surface area contributed by atoms with E-state index >= 15 is 0 Å². The van der Waals surface area contributed by atoms with Gasteiger partial charge in [0.1, 0.15) is 6.10 Å². The van der Waals surface area contributed by atoms with E-state index in [1.807, 2.05) is 0 Å². The fourth-order valence-corrected chi connectivity index (χ4v) is 7.34. The second kappa shape index (κ2) is 7.11. The van der Waals surface area contributed by atoms with Gasteiger partial charge in [0.2, 0.25) is 5.91 Å². The van der Waals surface area contributed by atoms with Gasteiger partial charge in [-0.15, -0.1) is 0 Å². The number of aromatic amines is 1. The van der Waals surface area contributed by atoms with Gasteiger partial charge in [-0.05, 0) is 74.5 Å². The number of carbonyl (C=O) groups is 2. The highest BCUT2D eigenvalue weighted by atomic mass is 16.6. The summed E-state index contributed by atoms with van der Waals surface area (Å²) >= 11 is 0. The first-order chi connectivity index (χ1) is 15.9. The van der Waals surface area contributed by atoms with E-state index in [1.54, 1.807) is 27.7 Å². The van der Waals surface area contributed by atoms with Crippen LogP contribution in [-0.2, 0) is 9.53 Å². The molecule has 4 aliphatic carbocycles. The van der Waals surface area contributed by atoms with Crippen molar-refractivity contribution in [3.05, 3.63) is 34.2 Å². The molecule has 2 unspecified atom stereocenters. The first-order valence-electron chi connectivity index (χ1n) is 11.8. The number of hydrogen-bond donors (Lipinski definition) is 2. The normalized spacial score (nSPS) is 34.5. The van der Waals surface area contributed by atoms with Gasteiger partial charge >= 0.3 is 11.8 Å². The molecule has 5 aliphatic rings. The fraction of sp³-hybridized carbons (Fsp3) is 0.583. The van der Waals surface area contributed by atoms with Crippen LogP contribution in [0, 0.1) is 34.5 Å². The zero-order valence-electron chi connectivity index (χ0n) is 18.3. The van der Waals surface area contributed by atoms with E-state index in [0.29, 0.717) is 36.5 Å². The number of rotatable bonds is 3. The molecule has 2 aromatic rings. The number of likely N-dealkylation sites (tertiary alicyclic amines) is 1. The van der Waals surface area contributed by atoms with Gasteiger partial charge < -0.3 is 20.4 Å². The Balaban J connectivity index is 1.16. The lowest BCUT2D eigenvalue weighted by molar-refractivity contribution is -0.161. The summed E-state index contributed by atoms with van der Waals surface area (Å²) < 4.78 is 7.74. The molecular formula is C24H27N5O4. The number of fused-ring (bicyclic) bond motifs is 1. The van der Waals surface area contributed by atoms with Crippen LogP contribution in [0.5, 0.6) is 0 Å². The van der Waals surface area contributed by atoms with Gasteiger partial charge in [-0.3, -0.25) is 9.36 Å². The molecule has 33 heavy (non-hydrogen) atoms. The van der Waals surface area contributed by atoms with E-state index in [2.05, 4.69) is 11.1 Å². The van der Waals surface area contributed by atoms with Gasteiger partial charge in [0, 0.05) is 13.1 Å². The lowest BCUT2D eigenvalue weighted by Crippen LogP contribution is -2.59. The van der Waals surface area contributed by atoms with Crippen LogP contribution in [-0.4, -0.2) is 45.6 Å². The number of amides is 2. The Morgan fingerprint density at radius 2 is 1.97 bits per heavy atom. The third-order valence-electron chi connectivity index (χ3n) is 8.58. The molecule has 2 heterocycles. The summed E-state index contributed by atoms with van der Waals surface area (Å²) in [6, 6.07) is 7.07. The average molecular weight is 450 g/mol. The minimum Gasteiger partial charge on any atom is -0.446 e. The van der Waals surface area contributed by atoms with Crippen molar-refractivity contribution in [1.29, 1.82) is 5.26 Å². The SMILES string of the molecule is N#Cc1ccc2c(c1)[nH]c(=O)n2[C@@H]1CCN(C(=O)O[C@H]2C3CC4CC2C[C@](C(N)=O)(C4)C3)C1. The van der Waals surface area contributed by atoms with Gasteiger partial charge in [-0.25, -0.2) is 9.59 Å². The maximum atomic E-state index is 13.1. The number of nitriles is 1. The van der Waals surface area contributed by atoms with E-state index < -0.39 is 5.41 Å². The summed E-state index contributed by atoms with van der Waals surface area (Å²) in [5, 5.41) is 9.10. The standard InChI is InChI=1S/C24H27N5O4/c25-11-13-1-2-19-18(7-13)27-22(31)29(19)17-3-4-28(12-17)23(32)33-20-15-5-14-6-16(20)10-24(8-14,9-15)21(26)30/h1-2,7,14-17,20H,3-6,8-10,12H2,(H2,26,30)(H,27,31)/t14?,15?,16?,17-,20-,24-/m1/s1. The van der Waals surface area contributed by atoms with Crippen molar-refractivity contribution in [3.8, 4) is 6.07 Å². The van der Waals surface area contributed by atoms with Crippen molar-refractivity contribution in [1.82, 2.24) is 14.5 Å². The predicted octanol–water partition coefficient (Wildman–Crippen LogP) is 2.26. The third-order valence-corrected chi connectivity index (χ3v) is 8.58. The number of nitrogens with one attached hydrogen (secondary N) is 1. The summed E-state index contributed by atoms with van der Waals surface area (Å²) in [6.07, 6.45) is 4.52. The molecular weight excluding hydrogens is 422 g/mol. The summed E-state index contributed by atoms with van der Waals surface area (Å²) in [5.74, 6) is 0.727.